The summed E-state index contributed by atoms with van der Waals surface area (Å²) in [4.78, 5) is 9.05. The maximum absolute atomic E-state index is 6.39. The van der Waals surface area contributed by atoms with E-state index in [1.54, 1.807) is 0 Å². The maximum atomic E-state index is 6.39. The van der Waals surface area contributed by atoms with Gasteiger partial charge in [-0.25, -0.2) is 0 Å². The fourth-order valence-electron chi connectivity index (χ4n) is 5.02. The van der Waals surface area contributed by atoms with E-state index in [2.05, 4.69) is 101 Å². The number of rotatable bonds is 4. The summed E-state index contributed by atoms with van der Waals surface area (Å²) in [5.74, 6) is 7.14. The van der Waals surface area contributed by atoms with E-state index in [1.165, 1.54) is 9.96 Å². The Kier molecular flexibility index (Phi) is 9.41. The standard InChI is InChI=1S/C24H16NO.C14H16GeN.Ir/c1-16-13-14-25-22(15-16)21-12-6-11-20-19-10-5-9-18(23(19)26-24(20)21)17-7-3-2-4-8-17;1-15(2,3)13-9-10-14(16-11-13)12-7-5-4-6-8-12;/h2-11,13-15H,1H3;4-7,9-11H,1-3H3;/q2*-1;. The molecule has 3 heterocycles. The third-order valence-electron chi connectivity index (χ3n) is 7.33. The Labute approximate surface area is 269 Å². The number of aryl methyl sites for hydroxylation is 1. The van der Waals surface area contributed by atoms with Crippen molar-refractivity contribution in [3.8, 4) is 33.6 Å². The average molecular weight is 798 g/mol. The van der Waals surface area contributed by atoms with Crippen LogP contribution in [-0.4, -0.2) is 23.2 Å². The number of furan rings is 1. The van der Waals surface area contributed by atoms with E-state index in [1.807, 2.05) is 67.0 Å². The van der Waals surface area contributed by atoms with E-state index < -0.39 is 13.3 Å². The van der Waals surface area contributed by atoms with E-state index in [9.17, 15) is 0 Å². The molecular weight excluding hydrogens is 765 g/mol. The minimum Gasteiger partial charge on any atom is 0 e. The van der Waals surface area contributed by atoms with Crippen molar-refractivity contribution in [1.29, 1.82) is 0 Å². The maximum Gasteiger partial charge on any atom is 0 e. The summed E-state index contributed by atoms with van der Waals surface area (Å²) in [7, 11) is 0. The summed E-state index contributed by atoms with van der Waals surface area (Å²) in [5.41, 5.74) is 9.02. The number of hydrogen-bond acceptors (Lipinski definition) is 3. The van der Waals surface area contributed by atoms with Crippen molar-refractivity contribution in [1.82, 2.24) is 9.97 Å². The molecule has 0 amide bonds. The summed E-state index contributed by atoms with van der Waals surface area (Å²) in [5, 5.41) is 2.21. The van der Waals surface area contributed by atoms with Gasteiger partial charge >= 0.3 is 99.8 Å². The summed E-state index contributed by atoms with van der Waals surface area (Å²) >= 11 is -1.72. The molecule has 3 nitrogen and oxygen atoms in total. The van der Waals surface area contributed by atoms with Crippen molar-refractivity contribution >= 4 is 39.6 Å². The van der Waals surface area contributed by atoms with Crippen LogP contribution in [0.5, 0.6) is 0 Å². The second-order valence-corrected chi connectivity index (χ2v) is 22.1. The Bertz CT molecular complexity index is 1960. The number of hydrogen-bond donors (Lipinski definition) is 0. The van der Waals surface area contributed by atoms with Gasteiger partial charge in [0.25, 0.3) is 0 Å². The Balaban J connectivity index is 0.000000188. The van der Waals surface area contributed by atoms with Gasteiger partial charge in [-0.2, -0.15) is 0 Å². The van der Waals surface area contributed by atoms with Gasteiger partial charge in [-0.05, 0) is 24.2 Å². The molecule has 0 atom stereocenters. The van der Waals surface area contributed by atoms with Gasteiger partial charge in [0.15, 0.2) is 0 Å². The molecule has 0 aliphatic rings. The van der Waals surface area contributed by atoms with E-state index in [0.29, 0.717) is 0 Å². The van der Waals surface area contributed by atoms with Gasteiger partial charge in [0.2, 0.25) is 0 Å². The monoisotopic (exact) mass is 799 g/mol. The van der Waals surface area contributed by atoms with E-state index in [4.69, 9.17) is 4.42 Å². The minimum atomic E-state index is -1.72. The number of benzene rings is 4. The van der Waals surface area contributed by atoms with Gasteiger partial charge in [0.1, 0.15) is 5.58 Å². The Morgan fingerprint density at radius 1 is 0.674 bits per heavy atom. The van der Waals surface area contributed by atoms with Gasteiger partial charge in [-0.3, -0.25) is 0 Å². The Hall–Kier alpha value is -3.83. The first kappa shape index (κ1) is 30.6. The van der Waals surface area contributed by atoms with Crippen LogP contribution in [0, 0.1) is 19.1 Å². The van der Waals surface area contributed by atoms with E-state index in [0.717, 1.165) is 55.6 Å². The van der Waals surface area contributed by atoms with Crippen LogP contribution in [-0.2, 0) is 20.1 Å². The van der Waals surface area contributed by atoms with Crippen LogP contribution >= 0.6 is 0 Å². The van der Waals surface area contributed by atoms with Gasteiger partial charge < -0.3 is 9.40 Å². The van der Waals surface area contributed by atoms with Crippen molar-refractivity contribution in [2.45, 2.75) is 24.2 Å². The molecule has 0 fully saturated rings. The molecular formula is C38H32GeIrN2O-2. The van der Waals surface area contributed by atoms with Crippen LogP contribution in [0.3, 0.4) is 0 Å². The molecule has 43 heavy (non-hydrogen) atoms. The Morgan fingerprint density at radius 2 is 1.47 bits per heavy atom. The average Bonchev–Trinajstić information content (AvgIpc) is 3.41. The topological polar surface area (TPSA) is 38.9 Å². The molecule has 0 saturated heterocycles. The molecule has 1 radical (unpaired) electrons. The molecule has 0 unspecified atom stereocenters. The molecule has 215 valence electrons. The molecule has 0 aliphatic carbocycles. The fourth-order valence-corrected chi connectivity index (χ4v) is 7.19. The second-order valence-electron chi connectivity index (χ2n) is 11.4. The minimum absolute atomic E-state index is 0. The number of fused-ring (bicyclic) bond motifs is 3. The van der Waals surface area contributed by atoms with Crippen LogP contribution in [0.4, 0.5) is 0 Å². The van der Waals surface area contributed by atoms with Crippen molar-refractivity contribution in [3.63, 3.8) is 0 Å². The predicted molar refractivity (Wildman–Crippen MR) is 177 cm³/mol. The van der Waals surface area contributed by atoms with Crippen LogP contribution in [0.15, 0.2) is 126 Å². The zero-order chi connectivity index (χ0) is 29.1. The van der Waals surface area contributed by atoms with Gasteiger partial charge in [-0.1, -0.05) is 71.1 Å². The summed E-state index contributed by atoms with van der Waals surface area (Å²) in [6.45, 7) is 2.07. The largest absolute Gasteiger partial charge is 0 e. The van der Waals surface area contributed by atoms with E-state index >= 15 is 0 Å². The molecule has 0 N–H and O–H groups in total. The zero-order valence-electron chi connectivity index (χ0n) is 24.7. The smallest absolute Gasteiger partial charge is 0 e. The number of nitrogens with zero attached hydrogens (tertiary/aromatic N) is 2. The third-order valence-corrected chi connectivity index (χ3v) is 11.6. The van der Waals surface area contributed by atoms with Gasteiger partial charge in [0.05, 0.1) is 5.58 Å². The van der Waals surface area contributed by atoms with E-state index in [-0.39, 0.29) is 20.1 Å². The van der Waals surface area contributed by atoms with Crippen molar-refractivity contribution in [2.24, 2.45) is 0 Å². The number of aromatic nitrogens is 2. The molecule has 3 aromatic heterocycles. The van der Waals surface area contributed by atoms with Crippen molar-refractivity contribution in [2.75, 3.05) is 0 Å². The molecule has 4 aromatic carbocycles. The van der Waals surface area contributed by atoms with Gasteiger partial charge in [-0.15, -0.1) is 18.2 Å². The van der Waals surface area contributed by atoms with Crippen LogP contribution in [0.25, 0.3) is 55.6 Å². The predicted octanol–water partition coefficient (Wildman–Crippen LogP) is 9.52. The normalized spacial score (nSPS) is 11.1. The van der Waals surface area contributed by atoms with Crippen LogP contribution < -0.4 is 4.40 Å². The number of para-hydroxylation sites is 1. The summed E-state index contributed by atoms with van der Waals surface area (Å²) in [6, 6.07) is 43.5. The first-order valence-corrected chi connectivity index (χ1v) is 21.5. The zero-order valence-corrected chi connectivity index (χ0v) is 29.2. The molecule has 7 rings (SSSR count). The van der Waals surface area contributed by atoms with Crippen molar-refractivity contribution < 1.29 is 24.5 Å². The molecule has 0 bridgehead atoms. The first-order chi connectivity index (χ1) is 20.4. The molecule has 0 spiro atoms. The third kappa shape index (κ3) is 6.73. The quantitative estimate of drug-likeness (QED) is 0.132. The molecule has 0 aliphatic heterocycles. The summed E-state index contributed by atoms with van der Waals surface area (Å²) < 4.78 is 7.84. The number of pyridine rings is 2. The SMILES string of the molecule is Cc1ccnc(-c2[c-]ccc3c2oc2c(-c4ccccc4)cccc23)c1.[CH3][Ge]([CH3])([CH3])[c]1ccc(-c2[c-]cccc2)nc1.[Ir]. The molecule has 5 heteroatoms. The molecule has 7 aromatic rings. The van der Waals surface area contributed by atoms with Crippen LogP contribution in [0.1, 0.15) is 5.56 Å². The van der Waals surface area contributed by atoms with Crippen LogP contribution in [0.2, 0.25) is 17.3 Å². The Morgan fingerprint density at radius 3 is 2.16 bits per heavy atom. The molecule has 0 saturated carbocycles. The fraction of sp³-hybridized carbons (Fsp3) is 0.105. The first-order valence-electron chi connectivity index (χ1n) is 14.2. The van der Waals surface area contributed by atoms with Crippen molar-refractivity contribution in [3.05, 3.63) is 139 Å². The van der Waals surface area contributed by atoms with Gasteiger partial charge in [0, 0.05) is 37.3 Å². The summed E-state index contributed by atoms with van der Waals surface area (Å²) in [6.07, 6.45) is 3.87. The second kappa shape index (κ2) is 13.2.